The lowest BCUT2D eigenvalue weighted by molar-refractivity contribution is -0.384. The van der Waals surface area contributed by atoms with Crippen LogP contribution in [0.2, 0.25) is 0 Å². The van der Waals surface area contributed by atoms with Gasteiger partial charge in [0.2, 0.25) is 0 Å². The van der Waals surface area contributed by atoms with Crippen LogP contribution in [0.5, 0.6) is 0 Å². The average Bonchev–Trinajstić information content (AvgIpc) is 2.47. The minimum absolute atomic E-state index is 0.0742. The Hall–Kier alpha value is -1.73. The van der Waals surface area contributed by atoms with Crippen molar-refractivity contribution in [2.24, 2.45) is 0 Å². The maximum atomic E-state index is 11.4. The molecule has 2 aromatic rings. The quantitative estimate of drug-likeness (QED) is 0.615. The van der Waals surface area contributed by atoms with E-state index in [1.807, 2.05) is 18.2 Å². The molecule has 0 unspecified atom stereocenters. The number of aromatic nitrogens is 1. The number of likely N-dealkylation sites (N-methyl/N-ethyl adjacent to an activating group) is 1. The summed E-state index contributed by atoms with van der Waals surface area (Å²) in [6, 6.07) is 5.68. The molecule has 0 spiro atoms. The molecule has 21 heavy (non-hydrogen) atoms. The third kappa shape index (κ3) is 2.71. The van der Waals surface area contributed by atoms with E-state index >= 15 is 0 Å². The average molecular weight is 351 g/mol. The van der Waals surface area contributed by atoms with Crippen LogP contribution in [0.25, 0.3) is 10.9 Å². The van der Waals surface area contributed by atoms with E-state index in [-0.39, 0.29) is 10.6 Å². The molecule has 1 aliphatic rings. The highest BCUT2D eigenvalue weighted by Gasteiger charge is 2.25. The summed E-state index contributed by atoms with van der Waals surface area (Å²) < 4.78 is 0.896. The van der Waals surface area contributed by atoms with Gasteiger partial charge in [-0.15, -0.1) is 0 Å². The Morgan fingerprint density at radius 3 is 2.67 bits per heavy atom. The largest absolute Gasteiger partial charge is 0.363 e. The fourth-order valence-corrected chi connectivity index (χ4v) is 3.00. The van der Waals surface area contributed by atoms with Gasteiger partial charge in [-0.3, -0.25) is 10.1 Å². The Bertz CT molecular complexity index is 699. The number of halogens is 1. The Morgan fingerprint density at radius 1 is 1.29 bits per heavy atom. The molecule has 7 heteroatoms. The molecule has 1 aromatic heterocycles. The fraction of sp³-hybridized carbons (Fsp3) is 0.357. The van der Waals surface area contributed by atoms with Gasteiger partial charge in [0, 0.05) is 36.0 Å². The van der Waals surface area contributed by atoms with Crippen molar-refractivity contribution in [3.8, 4) is 0 Å². The molecule has 1 aromatic carbocycles. The summed E-state index contributed by atoms with van der Waals surface area (Å²) >= 11 is 3.44. The van der Waals surface area contributed by atoms with E-state index in [9.17, 15) is 10.1 Å². The van der Waals surface area contributed by atoms with Crippen molar-refractivity contribution in [2.75, 3.05) is 38.1 Å². The van der Waals surface area contributed by atoms with Gasteiger partial charge < -0.3 is 9.80 Å². The summed E-state index contributed by atoms with van der Waals surface area (Å²) in [6.45, 7) is 3.36. The van der Waals surface area contributed by atoms with E-state index in [0.29, 0.717) is 5.69 Å². The van der Waals surface area contributed by atoms with Crippen molar-refractivity contribution >= 4 is 38.2 Å². The monoisotopic (exact) mass is 350 g/mol. The van der Waals surface area contributed by atoms with Gasteiger partial charge in [0.1, 0.15) is 11.9 Å². The van der Waals surface area contributed by atoms with Gasteiger partial charge >= 0.3 is 5.69 Å². The topological polar surface area (TPSA) is 62.5 Å². The molecule has 6 nitrogen and oxygen atoms in total. The van der Waals surface area contributed by atoms with E-state index in [1.165, 1.54) is 6.20 Å². The minimum atomic E-state index is -0.346. The van der Waals surface area contributed by atoms with Crippen LogP contribution >= 0.6 is 15.9 Å². The molecule has 110 valence electrons. The first-order chi connectivity index (χ1) is 10.1. The third-order valence-electron chi connectivity index (χ3n) is 3.80. The van der Waals surface area contributed by atoms with Crippen LogP contribution in [0, 0.1) is 10.1 Å². The number of piperazine rings is 1. The van der Waals surface area contributed by atoms with E-state index in [2.05, 4.69) is 37.8 Å². The van der Waals surface area contributed by atoms with Gasteiger partial charge in [-0.25, -0.2) is 4.98 Å². The molecule has 0 radical (unpaired) electrons. The van der Waals surface area contributed by atoms with Crippen LogP contribution in [0.1, 0.15) is 0 Å². The van der Waals surface area contributed by atoms with Gasteiger partial charge in [0.05, 0.1) is 10.4 Å². The molecule has 0 amide bonds. The highest BCUT2D eigenvalue weighted by Crippen LogP contribution is 2.36. The number of hydrogen-bond donors (Lipinski definition) is 0. The summed E-state index contributed by atoms with van der Waals surface area (Å²) in [6.07, 6.45) is 1.36. The molecule has 0 saturated carbocycles. The molecular formula is C14H15BrN4O2. The molecule has 1 saturated heterocycles. The molecule has 0 bridgehead atoms. The van der Waals surface area contributed by atoms with Crippen LogP contribution in [0.15, 0.2) is 28.9 Å². The second-order valence-electron chi connectivity index (χ2n) is 5.20. The predicted octanol–water partition coefficient (Wildman–Crippen LogP) is 2.66. The number of fused-ring (bicyclic) bond motifs is 1. The molecule has 1 aliphatic heterocycles. The standard InChI is InChI=1S/C14H15BrN4O2/c1-17-4-6-18(7-5-17)14-11-8-10(15)2-3-12(11)16-9-13(14)19(20)21/h2-3,8-9H,4-7H2,1H3. The minimum Gasteiger partial charge on any atom is -0.363 e. The van der Waals surface area contributed by atoms with Gasteiger partial charge in [-0.05, 0) is 25.2 Å². The maximum Gasteiger partial charge on any atom is 0.311 e. The smallest absolute Gasteiger partial charge is 0.311 e. The zero-order valence-electron chi connectivity index (χ0n) is 11.6. The van der Waals surface area contributed by atoms with Crippen LogP contribution in [-0.4, -0.2) is 48.0 Å². The summed E-state index contributed by atoms with van der Waals surface area (Å²) in [5.41, 5.74) is 1.53. The Labute approximate surface area is 130 Å². The molecule has 2 heterocycles. The number of nitro groups is 1. The third-order valence-corrected chi connectivity index (χ3v) is 4.29. The molecule has 0 aliphatic carbocycles. The summed E-state index contributed by atoms with van der Waals surface area (Å²) in [4.78, 5) is 19.6. The van der Waals surface area contributed by atoms with Gasteiger partial charge in [-0.2, -0.15) is 0 Å². The zero-order chi connectivity index (χ0) is 15.0. The number of benzene rings is 1. The predicted molar refractivity (Wildman–Crippen MR) is 85.8 cm³/mol. The van der Waals surface area contributed by atoms with Gasteiger partial charge in [-0.1, -0.05) is 15.9 Å². The lowest BCUT2D eigenvalue weighted by Gasteiger charge is -2.34. The summed E-state index contributed by atoms with van der Waals surface area (Å²) in [5, 5.41) is 12.2. The van der Waals surface area contributed by atoms with Crippen molar-refractivity contribution < 1.29 is 4.92 Å². The number of nitrogens with zero attached hydrogens (tertiary/aromatic N) is 4. The lowest BCUT2D eigenvalue weighted by Crippen LogP contribution is -2.44. The maximum absolute atomic E-state index is 11.4. The fourth-order valence-electron chi connectivity index (χ4n) is 2.64. The number of hydrogen-bond acceptors (Lipinski definition) is 5. The molecular weight excluding hydrogens is 336 g/mol. The first kappa shape index (κ1) is 14.2. The van der Waals surface area contributed by atoms with Crippen molar-refractivity contribution in [3.05, 3.63) is 39.0 Å². The highest BCUT2D eigenvalue weighted by molar-refractivity contribution is 9.10. The Balaban J connectivity index is 2.18. The first-order valence-corrected chi connectivity index (χ1v) is 7.51. The summed E-state index contributed by atoms with van der Waals surface area (Å²) in [5.74, 6) is 0. The molecule has 0 N–H and O–H groups in total. The molecule has 3 rings (SSSR count). The van der Waals surface area contributed by atoms with Crippen LogP contribution in [0.4, 0.5) is 11.4 Å². The molecule has 1 fully saturated rings. The van der Waals surface area contributed by atoms with Gasteiger partial charge in [0.15, 0.2) is 0 Å². The van der Waals surface area contributed by atoms with E-state index in [4.69, 9.17) is 0 Å². The van der Waals surface area contributed by atoms with E-state index < -0.39 is 0 Å². The molecule has 0 atom stereocenters. The van der Waals surface area contributed by atoms with E-state index in [0.717, 1.165) is 41.6 Å². The van der Waals surface area contributed by atoms with Crippen molar-refractivity contribution in [3.63, 3.8) is 0 Å². The van der Waals surface area contributed by atoms with Crippen LogP contribution in [-0.2, 0) is 0 Å². The van der Waals surface area contributed by atoms with Crippen LogP contribution in [0.3, 0.4) is 0 Å². The second-order valence-corrected chi connectivity index (χ2v) is 6.12. The SMILES string of the molecule is CN1CCN(c2c([N+](=O)[O-])cnc3ccc(Br)cc23)CC1. The van der Waals surface area contributed by atoms with Crippen molar-refractivity contribution in [2.45, 2.75) is 0 Å². The Morgan fingerprint density at radius 2 is 2.00 bits per heavy atom. The zero-order valence-corrected chi connectivity index (χ0v) is 13.2. The van der Waals surface area contributed by atoms with Crippen LogP contribution < -0.4 is 4.90 Å². The Kier molecular flexibility index (Phi) is 3.77. The summed E-state index contributed by atoms with van der Waals surface area (Å²) in [7, 11) is 2.06. The lowest BCUT2D eigenvalue weighted by atomic mass is 10.1. The number of rotatable bonds is 2. The normalized spacial score (nSPS) is 16.4. The first-order valence-electron chi connectivity index (χ1n) is 6.72. The highest BCUT2D eigenvalue weighted by atomic mass is 79.9. The van der Waals surface area contributed by atoms with Crippen molar-refractivity contribution in [1.29, 1.82) is 0 Å². The number of anilines is 1. The van der Waals surface area contributed by atoms with Gasteiger partial charge in [0.25, 0.3) is 0 Å². The number of pyridine rings is 1. The van der Waals surface area contributed by atoms with Crippen molar-refractivity contribution in [1.82, 2.24) is 9.88 Å². The second kappa shape index (κ2) is 5.57. The van der Waals surface area contributed by atoms with E-state index in [1.54, 1.807) is 0 Å².